The summed E-state index contributed by atoms with van der Waals surface area (Å²) < 4.78 is 0. The zero-order valence-electron chi connectivity index (χ0n) is 11.2. The van der Waals surface area contributed by atoms with Gasteiger partial charge >= 0.3 is 0 Å². The minimum atomic E-state index is -1.55. The average Bonchev–Trinajstić information content (AvgIpc) is 2.69. The van der Waals surface area contributed by atoms with Crippen molar-refractivity contribution in [1.82, 2.24) is 10.2 Å². The van der Waals surface area contributed by atoms with Gasteiger partial charge in [0.25, 0.3) is 5.91 Å². The van der Waals surface area contributed by atoms with Crippen molar-refractivity contribution in [2.24, 2.45) is 0 Å². The van der Waals surface area contributed by atoms with Crippen LogP contribution in [-0.4, -0.2) is 27.8 Å². The number of fused-ring (bicyclic) bond motifs is 1. The summed E-state index contributed by atoms with van der Waals surface area (Å²) >= 11 is 0. The van der Waals surface area contributed by atoms with Gasteiger partial charge in [0.15, 0.2) is 5.60 Å². The molecule has 1 atom stereocenters. The Bertz CT molecular complexity index is 645. The van der Waals surface area contributed by atoms with Gasteiger partial charge in [-0.25, -0.2) is 0 Å². The van der Waals surface area contributed by atoms with Gasteiger partial charge in [-0.05, 0) is 25.1 Å². The van der Waals surface area contributed by atoms with Gasteiger partial charge in [0.2, 0.25) is 0 Å². The van der Waals surface area contributed by atoms with E-state index in [1.807, 2.05) is 25.1 Å². The molecule has 0 radical (unpaired) electrons. The number of hydrogen-bond acceptors (Lipinski definition) is 4. The summed E-state index contributed by atoms with van der Waals surface area (Å²) in [6.07, 6.45) is 1.70. The highest BCUT2D eigenvalue weighted by Crippen LogP contribution is 2.41. The maximum atomic E-state index is 12.5. The van der Waals surface area contributed by atoms with Crippen molar-refractivity contribution in [2.75, 3.05) is 11.4 Å². The van der Waals surface area contributed by atoms with E-state index in [2.05, 4.69) is 10.2 Å². The van der Waals surface area contributed by atoms with E-state index in [9.17, 15) is 9.90 Å². The van der Waals surface area contributed by atoms with E-state index in [0.717, 1.165) is 5.69 Å². The monoisotopic (exact) mass is 269 g/mol. The summed E-state index contributed by atoms with van der Waals surface area (Å²) in [5, 5.41) is 18.7. The van der Waals surface area contributed by atoms with Gasteiger partial charge in [-0.1, -0.05) is 18.2 Å². The van der Waals surface area contributed by atoms with Crippen LogP contribution in [0.1, 0.15) is 18.2 Å². The summed E-state index contributed by atoms with van der Waals surface area (Å²) in [4.78, 5) is 14.2. The number of hydrogen-bond donors (Lipinski definition) is 1. The smallest absolute Gasteiger partial charge is 0.264 e. The van der Waals surface area contributed by atoms with Crippen LogP contribution in [0.2, 0.25) is 0 Å². The van der Waals surface area contributed by atoms with Gasteiger partial charge in [-0.3, -0.25) is 4.79 Å². The van der Waals surface area contributed by atoms with Gasteiger partial charge < -0.3 is 10.0 Å². The van der Waals surface area contributed by atoms with Crippen molar-refractivity contribution in [3.63, 3.8) is 0 Å². The number of nitrogens with zero attached hydrogens (tertiary/aromatic N) is 3. The van der Waals surface area contributed by atoms with Crippen LogP contribution in [-0.2, 0) is 16.8 Å². The number of carbonyl (C=O) groups is 1. The van der Waals surface area contributed by atoms with Crippen LogP contribution < -0.4 is 4.90 Å². The van der Waals surface area contributed by atoms with E-state index in [0.29, 0.717) is 17.8 Å². The quantitative estimate of drug-likeness (QED) is 0.911. The Morgan fingerprint density at radius 3 is 2.75 bits per heavy atom. The second kappa shape index (κ2) is 4.68. The fraction of sp³-hybridized carbons (Fsp3) is 0.267. The normalized spacial score (nSPS) is 21.1. The summed E-state index contributed by atoms with van der Waals surface area (Å²) in [5.41, 5.74) is 0.447. The van der Waals surface area contributed by atoms with Crippen LogP contribution in [0, 0.1) is 0 Å². The molecule has 1 unspecified atom stereocenters. The Kier molecular flexibility index (Phi) is 2.99. The predicted molar refractivity (Wildman–Crippen MR) is 74.1 cm³/mol. The van der Waals surface area contributed by atoms with E-state index in [-0.39, 0.29) is 12.3 Å². The number of benzene rings is 1. The summed E-state index contributed by atoms with van der Waals surface area (Å²) in [6.45, 7) is 2.42. The van der Waals surface area contributed by atoms with Gasteiger partial charge in [0, 0.05) is 24.7 Å². The first-order valence-corrected chi connectivity index (χ1v) is 6.57. The second-order valence-corrected chi connectivity index (χ2v) is 4.82. The average molecular weight is 269 g/mol. The molecule has 1 aromatic carbocycles. The molecule has 5 nitrogen and oxygen atoms in total. The third-order valence-corrected chi connectivity index (χ3v) is 3.62. The minimum absolute atomic E-state index is 0.132. The van der Waals surface area contributed by atoms with Crippen molar-refractivity contribution in [3.8, 4) is 0 Å². The Morgan fingerprint density at radius 2 is 2.05 bits per heavy atom. The molecule has 102 valence electrons. The van der Waals surface area contributed by atoms with E-state index < -0.39 is 5.60 Å². The highest BCUT2D eigenvalue weighted by molar-refractivity contribution is 6.06. The molecule has 2 heterocycles. The third-order valence-electron chi connectivity index (χ3n) is 3.62. The molecule has 1 amide bonds. The summed E-state index contributed by atoms with van der Waals surface area (Å²) in [7, 11) is 0. The number of aromatic nitrogens is 2. The largest absolute Gasteiger partial charge is 0.375 e. The molecular weight excluding hydrogens is 254 g/mol. The Labute approximate surface area is 116 Å². The molecule has 0 saturated carbocycles. The molecule has 0 spiro atoms. The lowest BCUT2D eigenvalue weighted by Crippen LogP contribution is -2.42. The first-order chi connectivity index (χ1) is 9.66. The number of para-hydroxylation sites is 1. The molecule has 1 aromatic heterocycles. The van der Waals surface area contributed by atoms with Crippen LogP contribution in [0.5, 0.6) is 0 Å². The molecular formula is C15H15N3O2. The lowest BCUT2D eigenvalue weighted by molar-refractivity contribution is -0.136. The number of carbonyl (C=O) groups excluding carboxylic acids is 1. The van der Waals surface area contributed by atoms with Crippen molar-refractivity contribution in [1.29, 1.82) is 0 Å². The number of anilines is 1. The van der Waals surface area contributed by atoms with Crippen molar-refractivity contribution in [3.05, 3.63) is 53.9 Å². The first kappa shape index (κ1) is 12.7. The molecule has 0 fully saturated rings. The lowest BCUT2D eigenvalue weighted by Gasteiger charge is -2.22. The highest BCUT2D eigenvalue weighted by Gasteiger charge is 2.49. The van der Waals surface area contributed by atoms with Crippen LogP contribution in [0.25, 0.3) is 0 Å². The standard InChI is InChI=1S/C15H15N3O2/c1-2-18-13-8-4-3-7-12(13)15(20,14(18)19)10-11-6-5-9-16-17-11/h3-9,20H,2,10H2,1H3. The van der Waals surface area contributed by atoms with Gasteiger partial charge in [0.1, 0.15) is 0 Å². The van der Waals surface area contributed by atoms with E-state index in [4.69, 9.17) is 0 Å². The molecule has 20 heavy (non-hydrogen) atoms. The zero-order chi connectivity index (χ0) is 14.2. The molecule has 1 N–H and O–H groups in total. The molecule has 0 aliphatic carbocycles. The predicted octanol–water partition coefficient (Wildman–Crippen LogP) is 1.27. The molecule has 0 saturated heterocycles. The Morgan fingerprint density at radius 1 is 1.25 bits per heavy atom. The Hall–Kier alpha value is -2.27. The molecule has 0 bridgehead atoms. The van der Waals surface area contributed by atoms with Gasteiger partial charge in [-0.15, -0.1) is 0 Å². The first-order valence-electron chi connectivity index (χ1n) is 6.57. The number of rotatable bonds is 3. The van der Waals surface area contributed by atoms with E-state index >= 15 is 0 Å². The van der Waals surface area contributed by atoms with Crippen molar-refractivity contribution < 1.29 is 9.90 Å². The fourth-order valence-electron chi connectivity index (χ4n) is 2.68. The van der Waals surface area contributed by atoms with Crippen LogP contribution in [0.15, 0.2) is 42.6 Å². The van der Waals surface area contributed by atoms with E-state index in [1.54, 1.807) is 29.3 Å². The number of likely N-dealkylation sites (N-methyl/N-ethyl adjacent to an activating group) is 1. The van der Waals surface area contributed by atoms with Crippen molar-refractivity contribution in [2.45, 2.75) is 18.9 Å². The molecule has 3 rings (SSSR count). The highest BCUT2D eigenvalue weighted by atomic mass is 16.3. The van der Waals surface area contributed by atoms with Gasteiger partial charge in [-0.2, -0.15) is 10.2 Å². The zero-order valence-corrected chi connectivity index (χ0v) is 11.2. The topological polar surface area (TPSA) is 66.3 Å². The molecule has 5 heteroatoms. The van der Waals surface area contributed by atoms with Crippen LogP contribution in [0.4, 0.5) is 5.69 Å². The SMILES string of the molecule is CCN1C(=O)C(O)(Cc2cccnn2)c2ccccc21. The fourth-order valence-corrected chi connectivity index (χ4v) is 2.68. The molecule has 2 aromatic rings. The summed E-state index contributed by atoms with van der Waals surface area (Å²) in [5.74, 6) is -0.299. The van der Waals surface area contributed by atoms with Gasteiger partial charge in [0.05, 0.1) is 11.4 Å². The van der Waals surface area contributed by atoms with Crippen LogP contribution >= 0.6 is 0 Å². The van der Waals surface area contributed by atoms with Crippen LogP contribution in [0.3, 0.4) is 0 Å². The molecule has 1 aliphatic heterocycles. The maximum Gasteiger partial charge on any atom is 0.264 e. The van der Waals surface area contributed by atoms with E-state index in [1.165, 1.54) is 0 Å². The lowest BCUT2D eigenvalue weighted by atomic mass is 9.90. The minimum Gasteiger partial charge on any atom is -0.375 e. The second-order valence-electron chi connectivity index (χ2n) is 4.82. The molecule has 1 aliphatic rings. The Balaban J connectivity index is 2.06. The number of amides is 1. The summed E-state index contributed by atoms with van der Waals surface area (Å²) in [6, 6.07) is 10.8. The third kappa shape index (κ3) is 1.78. The van der Waals surface area contributed by atoms with Crippen molar-refractivity contribution >= 4 is 11.6 Å². The maximum absolute atomic E-state index is 12.5. The number of aliphatic hydroxyl groups is 1.